The van der Waals surface area contributed by atoms with Crippen LogP contribution in [0.15, 0.2) is 24.3 Å². The van der Waals surface area contributed by atoms with Crippen LogP contribution in [-0.2, 0) is 14.3 Å². The lowest BCUT2D eigenvalue weighted by molar-refractivity contribution is -0.156. The van der Waals surface area contributed by atoms with Gasteiger partial charge in [-0.1, -0.05) is 141 Å². The molecule has 0 aromatic heterocycles. The minimum Gasteiger partial charge on any atom is -0.463 e. The van der Waals surface area contributed by atoms with Crippen LogP contribution in [0.4, 0.5) is 0 Å². The standard InChI is InChI=1S/C43H81NO7/c1-4-6-8-10-12-14-16-18-20-22-24-26-28-30-32-34-40(47)44(3)36-38(45)42(49)43(50)39(46)37-51-41(48)35-33-31-29-27-25-23-21-19-17-15-13-11-9-7-5-2/h18-21,38-39,42-43,45-46,49-50H,4-17,22-37H2,1-3H3/b20-18-,21-19-/t38-,39+,42+,43+/m0/s1. The number of carbonyl (C=O) groups excluding carboxylic acids is 2. The molecule has 51 heavy (non-hydrogen) atoms. The molecule has 0 aliphatic carbocycles. The molecule has 0 aromatic rings. The fraction of sp³-hybridized carbons (Fsp3) is 0.860. The van der Waals surface area contributed by atoms with Gasteiger partial charge in [-0.15, -0.1) is 0 Å². The Balaban J connectivity index is 3.88. The van der Waals surface area contributed by atoms with E-state index in [1.54, 1.807) is 7.05 Å². The summed E-state index contributed by atoms with van der Waals surface area (Å²) in [5.41, 5.74) is 0. The number of likely N-dealkylation sites (N-methyl/N-ethyl adjacent to an activating group) is 1. The number of rotatable bonds is 37. The third-order valence-electron chi connectivity index (χ3n) is 9.74. The Kier molecular flexibility index (Phi) is 35.4. The fourth-order valence-electron chi connectivity index (χ4n) is 6.17. The number of esters is 1. The number of allylic oxidation sites excluding steroid dienone is 4. The van der Waals surface area contributed by atoms with Crippen LogP contribution in [0.5, 0.6) is 0 Å². The molecule has 0 fully saturated rings. The van der Waals surface area contributed by atoms with Gasteiger partial charge in [-0.25, -0.2) is 0 Å². The molecule has 0 aliphatic rings. The van der Waals surface area contributed by atoms with Crippen molar-refractivity contribution in [1.29, 1.82) is 0 Å². The molecule has 0 radical (unpaired) electrons. The first-order valence-corrected chi connectivity index (χ1v) is 21.2. The molecule has 0 spiro atoms. The zero-order chi connectivity index (χ0) is 37.8. The van der Waals surface area contributed by atoms with Crippen molar-refractivity contribution in [1.82, 2.24) is 4.90 Å². The van der Waals surface area contributed by atoms with Crippen LogP contribution in [0.25, 0.3) is 0 Å². The van der Waals surface area contributed by atoms with E-state index in [0.717, 1.165) is 70.6 Å². The van der Waals surface area contributed by atoms with E-state index in [9.17, 15) is 30.0 Å². The molecule has 1 amide bonds. The van der Waals surface area contributed by atoms with Crippen LogP contribution in [0, 0.1) is 0 Å². The van der Waals surface area contributed by atoms with E-state index in [1.165, 1.54) is 94.8 Å². The maximum atomic E-state index is 12.5. The van der Waals surface area contributed by atoms with Crippen LogP contribution in [0.2, 0.25) is 0 Å². The van der Waals surface area contributed by atoms with Crippen LogP contribution >= 0.6 is 0 Å². The number of hydrogen-bond donors (Lipinski definition) is 4. The average Bonchev–Trinajstić information content (AvgIpc) is 3.12. The summed E-state index contributed by atoms with van der Waals surface area (Å²) in [5.74, 6) is -0.603. The molecule has 8 heteroatoms. The Hall–Kier alpha value is -1.74. The summed E-state index contributed by atoms with van der Waals surface area (Å²) in [6, 6.07) is 0. The highest BCUT2D eigenvalue weighted by Gasteiger charge is 2.32. The summed E-state index contributed by atoms with van der Waals surface area (Å²) in [7, 11) is 1.55. The number of unbranched alkanes of at least 4 members (excludes halogenated alkanes) is 22. The molecule has 4 atom stereocenters. The van der Waals surface area contributed by atoms with E-state index in [2.05, 4.69) is 38.2 Å². The van der Waals surface area contributed by atoms with Crippen molar-refractivity contribution >= 4 is 11.9 Å². The first-order chi connectivity index (χ1) is 24.7. The first-order valence-electron chi connectivity index (χ1n) is 21.2. The zero-order valence-corrected chi connectivity index (χ0v) is 33.3. The van der Waals surface area contributed by atoms with Gasteiger partial charge in [0.05, 0.1) is 0 Å². The van der Waals surface area contributed by atoms with Crippen LogP contribution in [0.1, 0.15) is 194 Å². The van der Waals surface area contributed by atoms with Crippen LogP contribution < -0.4 is 0 Å². The molecule has 4 N–H and O–H groups in total. The van der Waals surface area contributed by atoms with Gasteiger partial charge < -0.3 is 30.1 Å². The summed E-state index contributed by atoms with van der Waals surface area (Å²) >= 11 is 0. The lowest BCUT2D eigenvalue weighted by atomic mass is 10.0. The largest absolute Gasteiger partial charge is 0.463 e. The lowest BCUT2D eigenvalue weighted by Crippen LogP contribution is -2.50. The predicted octanol–water partition coefficient (Wildman–Crippen LogP) is 9.51. The third kappa shape index (κ3) is 31.5. The third-order valence-corrected chi connectivity index (χ3v) is 9.74. The Morgan fingerprint density at radius 1 is 0.510 bits per heavy atom. The van der Waals surface area contributed by atoms with Crippen molar-refractivity contribution in [3.63, 3.8) is 0 Å². The molecule has 8 nitrogen and oxygen atoms in total. The average molecular weight is 724 g/mol. The van der Waals surface area contributed by atoms with E-state index in [1.807, 2.05) is 0 Å². The molecular formula is C43H81NO7. The number of aliphatic hydroxyl groups excluding tert-OH is 4. The second-order valence-corrected chi connectivity index (χ2v) is 14.7. The van der Waals surface area contributed by atoms with Gasteiger partial charge in [-0.3, -0.25) is 9.59 Å². The van der Waals surface area contributed by atoms with Gasteiger partial charge in [0.1, 0.15) is 31.0 Å². The fourth-order valence-corrected chi connectivity index (χ4v) is 6.17. The normalized spacial score (nSPS) is 14.3. The molecular weight excluding hydrogens is 642 g/mol. The van der Waals surface area contributed by atoms with Crippen molar-refractivity contribution in [3.05, 3.63) is 24.3 Å². The van der Waals surface area contributed by atoms with E-state index < -0.39 is 37.0 Å². The molecule has 0 saturated carbocycles. The van der Waals surface area contributed by atoms with Gasteiger partial charge in [-0.05, 0) is 64.2 Å². The minimum absolute atomic E-state index is 0.140. The molecule has 0 aliphatic heterocycles. The number of carbonyl (C=O) groups is 2. The highest BCUT2D eigenvalue weighted by Crippen LogP contribution is 2.14. The van der Waals surface area contributed by atoms with E-state index in [0.29, 0.717) is 12.8 Å². The molecule has 0 unspecified atom stereocenters. The number of aliphatic hydroxyl groups is 4. The SMILES string of the molecule is CCCCCCCC/C=C\CCCCCCCC(=O)OC[C@@H](O)[C@@H](O)[C@H](O)[C@@H](O)CN(C)C(=O)CCCCCCC/C=C\CCCCCCCC. The Bertz CT molecular complexity index is 848. The van der Waals surface area contributed by atoms with Gasteiger partial charge in [0.15, 0.2) is 0 Å². The number of amides is 1. The molecule has 0 heterocycles. The summed E-state index contributed by atoms with van der Waals surface area (Å²) in [5, 5.41) is 41.4. The summed E-state index contributed by atoms with van der Waals surface area (Å²) in [6.45, 7) is 3.84. The van der Waals surface area contributed by atoms with Gasteiger partial charge in [0.25, 0.3) is 0 Å². The van der Waals surface area contributed by atoms with Crippen molar-refractivity contribution in [3.8, 4) is 0 Å². The Morgan fingerprint density at radius 3 is 1.29 bits per heavy atom. The monoisotopic (exact) mass is 724 g/mol. The Labute approximate surface area is 313 Å². The highest BCUT2D eigenvalue weighted by molar-refractivity contribution is 5.75. The molecule has 0 aromatic carbocycles. The van der Waals surface area contributed by atoms with Crippen LogP contribution in [0.3, 0.4) is 0 Å². The maximum absolute atomic E-state index is 12.5. The lowest BCUT2D eigenvalue weighted by Gasteiger charge is -2.29. The maximum Gasteiger partial charge on any atom is 0.305 e. The van der Waals surface area contributed by atoms with E-state index >= 15 is 0 Å². The van der Waals surface area contributed by atoms with Gasteiger partial charge in [-0.2, -0.15) is 0 Å². The summed E-state index contributed by atoms with van der Waals surface area (Å²) in [4.78, 5) is 26.0. The summed E-state index contributed by atoms with van der Waals surface area (Å²) < 4.78 is 5.09. The molecule has 0 bridgehead atoms. The van der Waals surface area contributed by atoms with Crippen LogP contribution in [-0.4, -0.2) is 81.8 Å². The Morgan fingerprint density at radius 2 is 0.863 bits per heavy atom. The molecule has 0 saturated heterocycles. The van der Waals surface area contributed by atoms with E-state index in [-0.39, 0.29) is 18.9 Å². The van der Waals surface area contributed by atoms with Gasteiger partial charge in [0.2, 0.25) is 5.91 Å². The second-order valence-electron chi connectivity index (χ2n) is 14.7. The van der Waals surface area contributed by atoms with Crippen molar-refractivity contribution in [2.24, 2.45) is 0 Å². The summed E-state index contributed by atoms with van der Waals surface area (Å²) in [6.07, 6.45) is 34.0. The second kappa shape index (κ2) is 36.6. The highest BCUT2D eigenvalue weighted by atomic mass is 16.5. The van der Waals surface area contributed by atoms with Gasteiger partial charge >= 0.3 is 5.97 Å². The smallest absolute Gasteiger partial charge is 0.305 e. The quantitative estimate of drug-likeness (QED) is 0.0286. The number of ether oxygens (including phenoxy) is 1. The van der Waals surface area contributed by atoms with Crippen molar-refractivity contribution < 1.29 is 34.8 Å². The van der Waals surface area contributed by atoms with E-state index in [4.69, 9.17) is 4.74 Å². The van der Waals surface area contributed by atoms with Gasteiger partial charge in [0, 0.05) is 26.4 Å². The predicted molar refractivity (Wildman–Crippen MR) is 212 cm³/mol. The first kappa shape index (κ1) is 49.3. The minimum atomic E-state index is -1.72. The molecule has 300 valence electrons. The molecule has 0 rings (SSSR count). The topological polar surface area (TPSA) is 128 Å². The van der Waals surface area contributed by atoms with Crippen molar-refractivity contribution in [2.45, 2.75) is 218 Å². The zero-order valence-electron chi connectivity index (χ0n) is 33.3. The van der Waals surface area contributed by atoms with Crippen molar-refractivity contribution in [2.75, 3.05) is 20.2 Å². The number of hydrogen-bond acceptors (Lipinski definition) is 7. The number of nitrogens with zero attached hydrogens (tertiary/aromatic N) is 1.